The molecule has 0 saturated heterocycles. The molecule has 2 rings (SSSR count). The average molecular weight is 300 g/mol. The summed E-state index contributed by atoms with van der Waals surface area (Å²) in [4.78, 5) is 10.6. The SMILES string of the molecule is Cc1cc(CNS(=O)(=O)c2c(C(=O)O)n[nH]c2C)on1. The van der Waals surface area contributed by atoms with Crippen LogP contribution in [-0.2, 0) is 16.6 Å². The summed E-state index contributed by atoms with van der Waals surface area (Å²) in [7, 11) is -4.02. The van der Waals surface area contributed by atoms with Crippen LogP contribution in [0.25, 0.3) is 0 Å². The minimum atomic E-state index is -4.02. The molecule has 2 aromatic heterocycles. The molecule has 0 atom stereocenters. The highest BCUT2D eigenvalue weighted by atomic mass is 32.2. The third-order valence-corrected chi connectivity index (χ3v) is 4.04. The molecule has 0 unspecified atom stereocenters. The van der Waals surface area contributed by atoms with E-state index in [4.69, 9.17) is 9.63 Å². The van der Waals surface area contributed by atoms with Crippen LogP contribution in [0.4, 0.5) is 0 Å². The van der Waals surface area contributed by atoms with Crippen molar-refractivity contribution in [1.29, 1.82) is 0 Å². The first-order chi connectivity index (χ1) is 9.31. The Balaban J connectivity index is 2.27. The quantitative estimate of drug-likeness (QED) is 0.716. The van der Waals surface area contributed by atoms with E-state index in [-0.39, 0.29) is 17.1 Å². The molecule has 3 N–H and O–H groups in total. The number of sulfonamides is 1. The van der Waals surface area contributed by atoms with Crippen molar-refractivity contribution in [3.05, 3.63) is 28.9 Å². The first kappa shape index (κ1) is 14.2. The minimum Gasteiger partial charge on any atom is -0.476 e. The molecule has 0 bridgehead atoms. The van der Waals surface area contributed by atoms with Gasteiger partial charge in [0, 0.05) is 6.07 Å². The number of H-pyrrole nitrogens is 1. The number of carboxylic acid groups (broad SMARTS) is 1. The van der Waals surface area contributed by atoms with Crippen molar-refractivity contribution >= 4 is 16.0 Å². The van der Waals surface area contributed by atoms with Gasteiger partial charge in [0.2, 0.25) is 10.0 Å². The summed E-state index contributed by atoms with van der Waals surface area (Å²) >= 11 is 0. The Kier molecular flexibility index (Phi) is 3.59. The lowest BCUT2D eigenvalue weighted by Gasteiger charge is -2.04. The van der Waals surface area contributed by atoms with Gasteiger partial charge in [-0.3, -0.25) is 5.10 Å². The highest BCUT2D eigenvalue weighted by Gasteiger charge is 2.28. The number of nitrogens with zero attached hydrogens (tertiary/aromatic N) is 2. The normalized spacial score (nSPS) is 11.7. The maximum Gasteiger partial charge on any atom is 0.357 e. The van der Waals surface area contributed by atoms with Crippen LogP contribution < -0.4 is 4.72 Å². The molecular weight excluding hydrogens is 288 g/mol. The van der Waals surface area contributed by atoms with E-state index in [2.05, 4.69) is 20.1 Å². The van der Waals surface area contributed by atoms with Gasteiger partial charge in [0.05, 0.1) is 17.9 Å². The number of nitrogens with one attached hydrogen (secondary N) is 2. The second-order valence-electron chi connectivity index (χ2n) is 4.09. The van der Waals surface area contributed by atoms with Crippen LogP contribution in [0.1, 0.15) is 27.6 Å². The molecule has 2 heterocycles. The maximum atomic E-state index is 12.1. The van der Waals surface area contributed by atoms with Gasteiger partial charge in [-0.2, -0.15) is 5.10 Å². The summed E-state index contributed by atoms with van der Waals surface area (Å²) in [6, 6.07) is 1.57. The highest BCUT2D eigenvalue weighted by Crippen LogP contribution is 2.17. The monoisotopic (exact) mass is 300 g/mol. The molecule has 10 heteroatoms. The van der Waals surface area contributed by atoms with E-state index in [0.29, 0.717) is 11.5 Å². The standard InChI is InChI=1S/C10H12N4O5S/c1-5-3-7(19-14-5)4-11-20(17,18)9-6(2)12-13-8(9)10(15)16/h3,11H,4H2,1-2H3,(H,12,13)(H,15,16). The Labute approximate surface area is 114 Å². The summed E-state index contributed by atoms with van der Waals surface area (Å²) in [5.74, 6) is -1.10. The summed E-state index contributed by atoms with van der Waals surface area (Å²) < 4.78 is 31.4. The van der Waals surface area contributed by atoms with Crippen molar-refractivity contribution in [2.75, 3.05) is 0 Å². The molecule has 108 valence electrons. The molecule has 0 spiro atoms. The van der Waals surface area contributed by atoms with Crippen molar-refractivity contribution < 1.29 is 22.8 Å². The van der Waals surface area contributed by atoms with E-state index in [0.717, 1.165) is 0 Å². The van der Waals surface area contributed by atoms with Crippen LogP contribution in [0.3, 0.4) is 0 Å². The number of aromatic carboxylic acids is 1. The van der Waals surface area contributed by atoms with Gasteiger partial charge in [-0.1, -0.05) is 5.16 Å². The van der Waals surface area contributed by atoms with E-state index in [9.17, 15) is 13.2 Å². The molecule has 0 aromatic carbocycles. The number of rotatable bonds is 5. The zero-order valence-electron chi connectivity index (χ0n) is 10.7. The number of aromatic amines is 1. The second-order valence-corrected chi connectivity index (χ2v) is 5.79. The number of carboxylic acids is 1. The van der Waals surface area contributed by atoms with Crippen molar-refractivity contribution in [3.8, 4) is 0 Å². The molecule has 0 aliphatic heterocycles. The summed E-state index contributed by atoms with van der Waals surface area (Å²) in [5, 5.41) is 18.4. The Morgan fingerprint density at radius 2 is 2.20 bits per heavy atom. The molecular formula is C10H12N4O5S. The van der Waals surface area contributed by atoms with Gasteiger partial charge < -0.3 is 9.63 Å². The van der Waals surface area contributed by atoms with Crippen LogP contribution in [-0.4, -0.2) is 34.8 Å². The predicted octanol–water partition coefficient (Wildman–Crippen LogP) is 0.191. The topological polar surface area (TPSA) is 138 Å². The molecule has 0 fully saturated rings. The van der Waals surface area contributed by atoms with E-state index < -0.39 is 21.7 Å². The number of hydrogen-bond donors (Lipinski definition) is 3. The lowest BCUT2D eigenvalue weighted by molar-refractivity contribution is 0.0686. The van der Waals surface area contributed by atoms with Crippen LogP contribution >= 0.6 is 0 Å². The van der Waals surface area contributed by atoms with Gasteiger partial charge >= 0.3 is 5.97 Å². The first-order valence-corrected chi connectivity index (χ1v) is 6.99. The van der Waals surface area contributed by atoms with E-state index in [1.165, 1.54) is 6.92 Å². The fraction of sp³-hybridized carbons (Fsp3) is 0.300. The molecule has 0 aliphatic rings. The van der Waals surface area contributed by atoms with Crippen molar-refractivity contribution in [3.63, 3.8) is 0 Å². The molecule has 2 aromatic rings. The molecule has 0 aliphatic carbocycles. The second kappa shape index (κ2) is 5.06. The van der Waals surface area contributed by atoms with Gasteiger partial charge in [-0.05, 0) is 13.8 Å². The maximum absolute atomic E-state index is 12.1. The molecule has 0 radical (unpaired) electrons. The number of aromatic nitrogens is 3. The summed E-state index contributed by atoms with van der Waals surface area (Å²) in [6.45, 7) is 2.99. The van der Waals surface area contributed by atoms with Crippen molar-refractivity contribution in [1.82, 2.24) is 20.1 Å². The van der Waals surface area contributed by atoms with Crippen LogP contribution in [0.5, 0.6) is 0 Å². The van der Waals surface area contributed by atoms with E-state index in [1.807, 2.05) is 0 Å². The molecule has 0 amide bonds. The van der Waals surface area contributed by atoms with Gasteiger partial charge in [0.25, 0.3) is 0 Å². The zero-order valence-corrected chi connectivity index (χ0v) is 11.5. The van der Waals surface area contributed by atoms with Gasteiger partial charge in [-0.25, -0.2) is 17.9 Å². The largest absolute Gasteiger partial charge is 0.476 e. The first-order valence-electron chi connectivity index (χ1n) is 5.51. The third-order valence-electron chi connectivity index (χ3n) is 2.48. The average Bonchev–Trinajstić information content (AvgIpc) is 2.93. The van der Waals surface area contributed by atoms with Gasteiger partial charge in [0.1, 0.15) is 4.90 Å². The lowest BCUT2D eigenvalue weighted by atomic mass is 10.4. The van der Waals surface area contributed by atoms with E-state index in [1.54, 1.807) is 13.0 Å². The minimum absolute atomic E-state index is 0.132. The van der Waals surface area contributed by atoms with Crippen LogP contribution in [0.2, 0.25) is 0 Å². The molecule has 9 nitrogen and oxygen atoms in total. The van der Waals surface area contributed by atoms with Crippen molar-refractivity contribution in [2.45, 2.75) is 25.3 Å². The summed E-state index contributed by atoms with van der Waals surface area (Å²) in [5.41, 5.74) is 0.206. The van der Waals surface area contributed by atoms with Crippen LogP contribution in [0, 0.1) is 13.8 Å². The zero-order chi connectivity index (χ0) is 14.9. The van der Waals surface area contributed by atoms with Gasteiger partial charge in [-0.15, -0.1) is 0 Å². The van der Waals surface area contributed by atoms with Gasteiger partial charge in [0.15, 0.2) is 11.5 Å². The number of carbonyl (C=O) groups is 1. The Morgan fingerprint density at radius 1 is 1.50 bits per heavy atom. The van der Waals surface area contributed by atoms with Crippen molar-refractivity contribution in [2.24, 2.45) is 0 Å². The smallest absolute Gasteiger partial charge is 0.357 e. The molecule has 0 saturated carbocycles. The van der Waals surface area contributed by atoms with Crippen LogP contribution in [0.15, 0.2) is 15.5 Å². The fourth-order valence-corrected chi connectivity index (χ4v) is 2.94. The van der Waals surface area contributed by atoms with E-state index >= 15 is 0 Å². The Morgan fingerprint density at radius 3 is 2.75 bits per heavy atom. The predicted molar refractivity (Wildman–Crippen MR) is 65.5 cm³/mol. The molecule has 20 heavy (non-hydrogen) atoms. The summed E-state index contributed by atoms with van der Waals surface area (Å²) in [6.07, 6.45) is 0. The Hall–Kier alpha value is -2.20. The fourth-order valence-electron chi connectivity index (χ4n) is 1.63. The number of aryl methyl sites for hydroxylation is 2. The lowest BCUT2D eigenvalue weighted by Crippen LogP contribution is -2.25. The highest BCUT2D eigenvalue weighted by molar-refractivity contribution is 7.89. The Bertz CT molecular complexity index is 746. The number of hydrogen-bond acceptors (Lipinski definition) is 6. The third kappa shape index (κ3) is 2.70.